The molecule has 0 unspecified atom stereocenters. The first-order valence-corrected chi connectivity index (χ1v) is 8.39. The highest BCUT2D eigenvalue weighted by atomic mass is 35.5. The predicted molar refractivity (Wildman–Crippen MR) is 103 cm³/mol. The van der Waals surface area contributed by atoms with Gasteiger partial charge in [-0.1, -0.05) is 35.3 Å². The Morgan fingerprint density at radius 1 is 1.26 bits per heavy atom. The van der Waals surface area contributed by atoms with Crippen LogP contribution < -0.4 is 10.1 Å². The minimum atomic E-state index is -1.18. The lowest BCUT2D eigenvalue weighted by atomic mass is 10.1. The number of carbonyl (C=O) groups excluding carboxylic acids is 1. The number of nitrogens with zero attached hydrogens (tertiary/aromatic N) is 1. The number of benzene rings is 2. The van der Waals surface area contributed by atoms with Gasteiger partial charge in [0.15, 0.2) is 12.4 Å². The molecule has 0 aromatic heterocycles. The quantitative estimate of drug-likeness (QED) is 0.551. The maximum Gasteiger partial charge on any atom is 0.341 e. The van der Waals surface area contributed by atoms with E-state index in [1.807, 2.05) is 19.1 Å². The van der Waals surface area contributed by atoms with Crippen molar-refractivity contribution >= 4 is 46.8 Å². The Morgan fingerprint density at radius 2 is 1.93 bits per heavy atom. The molecule has 2 N–H and O–H groups in total. The van der Waals surface area contributed by atoms with E-state index in [-0.39, 0.29) is 21.4 Å². The number of hydrogen-bond donors (Lipinski definition) is 2. The first kappa shape index (κ1) is 20.3. The topological polar surface area (TPSA) is 99.4 Å². The van der Waals surface area contributed by atoms with E-state index in [9.17, 15) is 14.9 Å². The van der Waals surface area contributed by atoms with Crippen molar-refractivity contribution in [2.75, 3.05) is 11.9 Å². The summed E-state index contributed by atoms with van der Waals surface area (Å²) in [4.78, 5) is 22.9. The lowest BCUT2D eigenvalue weighted by Crippen LogP contribution is -2.13. The summed E-state index contributed by atoms with van der Waals surface area (Å²) in [5, 5.41) is 20.7. The molecule has 0 spiro atoms. The van der Waals surface area contributed by atoms with Crippen molar-refractivity contribution < 1.29 is 19.4 Å². The number of carboxylic acid groups (broad SMARTS) is 1. The smallest absolute Gasteiger partial charge is 0.341 e. The maximum atomic E-state index is 12.3. The van der Waals surface area contributed by atoms with E-state index in [1.54, 1.807) is 18.2 Å². The molecule has 0 aliphatic rings. The van der Waals surface area contributed by atoms with Crippen LogP contribution in [0.5, 0.6) is 5.75 Å². The average molecular weight is 405 g/mol. The molecule has 2 aromatic carbocycles. The second-order valence-corrected chi connectivity index (χ2v) is 6.30. The molecule has 27 heavy (non-hydrogen) atoms. The van der Waals surface area contributed by atoms with Crippen LogP contribution in [0.15, 0.2) is 42.0 Å². The minimum Gasteiger partial charge on any atom is -0.479 e. The number of aliphatic carboxylic acids is 1. The van der Waals surface area contributed by atoms with E-state index in [0.29, 0.717) is 11.3 Å². The van der Waals surface area contributed by atoms with Crippen molar-refractivity contribution in [2.45, 2.75) is 6.92 Å². The molecular weight excluding hydrogens is 391 g/mol. The molecule has 0 atom stereocenters. The van der Waals surface area contributed by atoms with E-state index < -0.39 is 18.5 Å². The second kappa shape index (κ2) is 9.08. The van der Waals surface area contributed by atoms with Gasteiger partial charge in [-0.25, -0.2) is 4.79 Å². The van der Waals surface area contributed by atoms with Crippen LogP contribution in [0.1, 0.15) is 11.1 Å². The zero-order valence-electron chi connectivity index (χ0n) is 14.1. The van der Waals surface area contributed by atoms with Crippen LogP contribution in [0, 0.1) is 18.3 Å². The summed E-state index contributed by atoms with van der Waals surface area (Å²) in [7, 11) is 0. The number of nitriles is 1. The van der Waals surface area contributed by atoms with E-state index in [2.05, 4.69) is 5.32 Å². The van der Waals surface area contributed by atoms with Gasteiger partial charge in [0.25, 0.3) is 5.91 Å². The molecular formula is C19H14Cl2N2O4. The Balaban J connectivity index is 2.25. The van der Waals surface area contributed by atoms with Gasteiger partial charge in [-0.15, -0.1) is 0 Å². The number of rotatable bonds is 6. The summed E-state index contributed by atoms with van der Waals surface area (Å²) < 4.78 is 5.02. The van der Waals surface area contributed by atoms with Crippen LogP contribution >= 0.6 is 23.2 Å². The van der Waals surface area contributed by atoms with Gasteiger partial charge in [0.1, 0.15) is 11.6 Å². The first-order chi connectivity index (χ1) is 12.8. The molecule has 0 aliphatic heterocycles. The van der Waals surface area contributed by atoms with Gasteiger partial charge in [0.05, 0.1) is 10.0 Å². The normalized spacial score (nSPS) is 10.8. The molecule has 0 fully saturated rings. The monoisotopic (exact) mass is 404 g/mol. The largest absolute Gasteiger partial charge is 0.479 e. The fraction of sp³-hybridized carbons (Fsp3) is 0.105. The van der Waals surface area contributed by atoms with Crippen molar-refractivity contribution in [3.63, 3.8) is 0 Å². The Bertz CT molecular complexity index is 941. The van der Waals surface area contributed by atoms with Crippen LogP contribution in [0.3, 0.4) is 0 Å². The van der Waals surface area contributed by atoms with E-state index in [1.165, 1.54) is 18.2 Å². The number of ether oxygens (including phenoxy) is 1. The summed E-state index contributed by atoms with van der Waals surface area (Å²) in [5.41, 5.74) is 1.77. The van der Waals surface area contributed by atoms with Gasteiger partial charge in [-0.05, 0) is 48.4 Å². The van der Waals surface area contributed by atoms with Crippen molar-refractivity contribution in [3.05, 3.63) is 63.1 Å². The first-order valence-electron chi connectivity index (χ1n) is 7.63. The fourth-order valence-electron chi connectivity index (χ4n) is 2.17. The molecule has 0 radical (unpaired) electrons. The van der Waals surface area contributed by atoms with Gasteiger partial charge in [0.2, 0.25) is 0 Å². The molecule has 2 aromatic rings. The van der Waals surface area contributed by atoms with Crippen LogP contribution in [0.4, 0.5) is 5.69 Å². The van der Waals surface area contributed by atoms with Crippen LogP contribution in [0.25, 0.3) is 6.08 Å². The maximum absolute atomic E-state index is 12.3. The molecule has 0 saturated heterocycles. The standard InChI is InChI=1S/C19H14Cl2N2O4/c1-11-3-2-4-14(5-11)23-19(26)13(9-22)6-12-7-15(20)18(16(21)8-12)27-10-17(24)25/h2-8H,10H2,1H3,(H,23,26)(H,24,25)/b13-6-. The summed E-state index contributed by atoms with van der Waals surface area (Å²) in [5.74, 6) is -1.74. The Hall–Kier alpha value is -3.01. The highest BCUT2D eigenvalue weighted by molar-refractivity contribution is 6.37. The van der Waals surface area contributed by atoms with Crippen molar-refractivity contribution in [1.82, 2.24) is 0 Å². The lowest BCUT2D eigenvalue weighted by molar-refractivity contribution is -0.139. The predicted octanol–water partition coefficient (Wildman–Crippen LogP) is 4.31. The van der Waals surface area contributed by atoms with Gasteiger partial charge in [-0.3, -0.25) is 4.79 Å². The molecule has 0 bridgehead atoms. The third kappa shape index (κ3) is 5.74. The number of halogens is 2. The summed E-state index contributed by atoms with van der Waals surface area (Å²) in [6, 6.07) is 11.8. The molecule has 1 amide bonds. The molecule has 8 heteroatoms. The SMILES string of the molecule is Cc1cccc(NC(=O)/C(C#N)=C\c2cc(Cl)c(OCC(=O)O)c(Cl)c2)c1. The van der Waals surface area contributed by atoms with Crippen molar-refractivity contribution in [3.8, 4) is 11.8 Å². The summed E-state index contributed by atoms with van der Waals surface area (Å²) in [6.45, 7) is 1.28. The van der Waals surface area contributed by atoms with E-state index in [0.717, 1.165) is 5.56 Å². The van der Waals surface area contributed by atoms with E-state index >= 15 is 0 Å². The Morgan fingerprint density at radius 3 is 2.48 bits per heavy atom. The minimum absolute atomic E-state index is 0.0144. The molecule has 0 saturated carbocycles. The third-order valence-electron chi connectivity index (χ3n) is 3.31. The molecule has 6 nitrogen and oxygen atoms in total. The highest BCUT2D eigenvalue weighted by Crippen LogP contribution is 2.34. The number of carbonyl (C=O) groups is 2. The average Bonchev–Trinajstić information content (AvgIpc) is 2.58. The highest BCUT2D eigenvalue weighted by Gasteiger charge is 2.14. The lowest BCUT2D eigenvalue weighted by Gasteiger charge is -2.09. The summed E-state index contributed by atoms with van der Waals surface area (Å²) in [6.07, 6.45) is 1.32. The fourth-order valence-corrected chi connectivity index (χ4v) is 2.78. The van der Waals surface area contributed by atoms with Crippen LogP contribution in [-0.4, -0.2) is 23.6 Å². The molecule has 0 heterocycles. The number of hydrogen-bond acceptors (Lipinski definition) is 4. The van der Waals surface area contributed by atoms with Crippen molar-refractivity contribution in [1.29, 1.82) is 5.26 Å². The van der Waals surface area contributed by atoms with Gasteiger partial charge >= 0.3 is 5.97 Å². The zero-order chi connectivity index (χ0) is 20.0. The number of nitrogens with one attached hydrogen (secondary N) is 1. The number of amides is 1. The Kier molecular flexibility index (Phi) is 6.83. The van der Waals surface area contributed by atoms with Crippen LogP contribution in [-0.2, 0) is 9.59 Å². The zero-order valence-corrected chi connectivity index (χ0v) is 15.6. The van der Waals surface area contributed by atoms with Gasteiger partial charge < -0.3 is 15.2 Å². The molecule has 138 valence electrons. The second-order valence-electron chi connectivity index (χ2n) is 5.49. The van der Waals surface area contributed by atoms with E-state index in [4.69, 9.17) is 33.0 Å². The number of anilines is 1. The van der Waals surface area contributed by atoms with Crippen LogP contribution in [0.2, 0.25) is 10.0 Å². The van der Waals surface area contributed by atoms with Gasteiger partial charge in [-0.2, -0.15) is 5.26 Å². The van der Waals surface area contributed by atoms with Gasteiger partial charge in [0, 0.05) is 5.69 Å². The molecule has 2 rings (SSSR count). The number of aryl methyl sites for hydroxylation is 1. The summed E-state index contributed by atoms with van der Waals surface area (Å²) >= 11 is 12.1. The number of carboxylic acids is 1. The van der Waals surface area contributed by atoms with Crippen molar-refractivity contribution in [2.24, 2.45) is 0 Å². The molecule has 0 aliphatic carbocycles. The third-order valence-corrected chi connectivity index (χ3v) is 3.87. The Labute approximate surface area is 165 Å².